The van der Waals surface area contributed by atoms with Gasteiger partial charge in [-0.05, 0) is 24.6 Å². The van der Waals surface area contributed by atoms with Crippen molar-refractivity contribution in [1.82, 2.24) is 5.32 Å². The Morgan fingerprint density at radius 2 is 2.16 bits per heavy atom. The van der Waals surface area contributed by atoms with E-state index in [1.54, 1.807) is 12.1 Å². The highest BCUT2D eigenvalue weighted by Crippen LogP contribution is 2.21. The summed E-state index contributed by atoms with van der Waals surface area (Å²) in [5.41, 5.74) is 6.64. The fraction of sp³-hybridized carbons (Fsp3) is 0.417. The molecule has 0 aliphatic carbocycles. The lowest BCUT2D eigenvalue weighted by atomic mass is 10.1. The first kappa shape index (κ1) is 15.8. The van der Waals surface area contributed by atoms with Crippen LogP contribution in [0.15, 0.2) is 29.2 Å². The van der Waals surface area contributed by atoms with Crippen molar-refractivity contribution in [2.75, 3.05) is 12.3 Å². The maximum Gasteiger partial charge on any atom is 0.405 e. The topological polar surface area (TPSA) is 55.1 Å². The quantitative estimate of drug-likeness (QED) is 0.820. The van der Waals surface area contributed by atoms with Crippen LogP contribution in [0.5, 0.6) is 0 Å². The van der Waals surface area contributed by atoms with E-state index in [0.717, 1.165) is 10.5 Å². The highest BCUT2D eigenvalue weighted by atomic mass is 32.2. The first-order valence-corrected chi connectivity index (χ1v) is 6.58. The summed E-state index contributed by atoms with van der Waals surface area (Å²) in [6.07, 6.45) is -4.38. The summed E-state index contributed by atoms with van der Waals surface area (Å²) >= 11 is 1.18. The summed E-state index contributed by atoms with van der Waals surface area (Å²) in [5, 5.41) is 1.82. The minimum Gasteiger partial charge on any atom is -0.346 e. The van der Waals surface area contributed by atoms with Gasteiger partial charge in [0, 0.05) is 10.9 Å². The fourth-order valence-electron chi connectivity index (χ4n) is 1.29. The minimum absolute atomic E-state index is 0.0571. The SMILES string of the molecule is CC(N)c1cccc(SCC(=O)NCC(F)(F)F)c1. The smallest absolute Gasteiger partial charge is 0.346 e. The molecular formula is C12H15F3N2OS. The molecule has 0 aromatic heterocycles. The summed E-state index contributed by atoms with van der Waals surface area (Å²) < 4.78 is 35.7. The Hall–Kier alpha value is -1.21. The Kier molecular flexibility index (Phi) is 5.68. The van der Waals surface area contributed by atoms with E-state index >= 15 is 0 Å². The Morgan fingerprint density at radius 3 is 2.74 bits per heavy atom. The third-order valence-electron chi connectivity index (χ3n) is 2.24. The number of halogens is 3. The first-order valence-electron chi connectivity index (χ1n) is 5.60. The lowest BCUT2D eigenvalue weighted by Crippen LogP contribution is -2.34. The van der Waals surface area contributed by atoms with E-state index in [9.17, 15) is 18.0 Å². The number of nitrogens with one attached hydrogen (secondary N) is 1. The molecule has 1 atom stereocenters. The first-order chi connectivity index (χ1) is 8.78. The molecule has 1 unspecified atom stereocenters. The van der Waals surface area contributed by atoms with Crippen molar-refractivity contribution in [3.05, 3.63) is 29.8 Å². The molecule has 1 rings (SSSR count). The molecule has 1 amide bonds. The Balaban J connectivity index is 2.44. The van der Waals surface area contributed by atoms with Crippen molar-refractivity contribution in [1.29, 1.82) is 0 Å². The molecule has 0 radical (unpaired) electrons. The number of rotatable bonds is 5. The van der Waals surface area contributed by atoms with Crippen LogP contribution in [0.1, 0.15) is 18.5 Å². The molecule has 19 heavy (non-hydrogen) atoms. The zero-order chi connectivity index (χ0) is 14.5. The number of hydrogen-bond donors (Lipinski definition) is 2. The largest absolute Gasteiger partial charge is 0.405 e. The van der Waals surface area contributed by atoms with Gasteiger partial charge in [-0.15, -0.1) is 11.8 Å². The average molecular weight is 292 g/mol. The van der Waals surface area contributed by atoms with Crippen molar-refractivity contribution >= 4 is 17.7 Å². The average Bonchev–Trinajstić information content (AvgIpc) is 2.33. The van der Waals surface area contributed by atoms with E-state index < -0.39 is 18.6 Å². The van der Waals surface area contributed by atoms with Gasteiger partial charge >= 0.3 is 6.18 Å². The lowest BCUT2D eigenvalue weighted by molar-refractivity contribution is -0.136. The zero-order valence-electron chi connectivity index (χ0n) is 10.3. The second-order valence-corrected chi connectivity index (χ2v) is 5.09. The summed E-state index contributed by atoms with van der Waals surface area (Å²) in [5.74, 6) is -0.702. The molecule has 0 saturated heterocycles. The Morgan fingerprint density at radius 1 is 1.47 bits per heavy atom. The van der Waals surface area contributed by atoms with Crippen LogP contribution in [0.3, 0.4) is 0 Å². The second-order valence-electron chi connectivity index (χ2n) is 4.04. The number of alkyl halides is 3. The molecular weight excluding hydrogens is 277 g/mol. The number of benzene rings is 1. The van der Waals surface area contributed by atoms with Gasteiger partial charge in [-0.25, -0.2) is 0 Å². The zero-order valence-corrected chi connectivity index (χ0v) is 11.1. The number of hydrogen-bond acceptors (Lipinski definition) is 3. The van der Waals surface area contributed by atoms with Crippen LogP contribution in [-0.2, 0) is 4.79 Å². The molecule has 3 nitrogen and oxygen atoms in total. The van der Waals surface area contributed by atoms with Crippen LogP contribution in [0.4, 0.5) is 13.2 Å². The van der Waals surface area contributed by atoms with E-state index in [1.165, 1.54) is 11.8 Å². The van der Waals surface area contributed by atoms with E-state index in [1.807, 2.05) is 24.4 Å². The normalized spacial score (nSPS) is 13.1. The molecule has 0 aliphatic heterocycles. The molecule has 0 heterocycles. The van der Waals surface area contributed by atoms with Crippen LogP contribution in [0.25, 0.3) is 0 Å². The predicted molar refractivity (Wildman–Crippen MR) is 68.8 cm³/mol. The molecule has 0 saturated carbocycles. The van der Waals surface area contributed by atoms with Crippen molar-refractivity contribution < 1.29 is 18.0 Å². The number of carbonyl (C=O) groups excluding carboxylic acids is 1. The lowest BCUT2D eigenvalue weighted by Gasteiger charge is -2.09. The van der Waals surface area contributed by atoms with Gasteiger partial charge in [0.1, 0.15) is 6.54 Å². The number of nitrogens with two attached hydrogens (primary N) is 1. The third kappa shape index (κ3) is 6.49. The third-order valence-corrected chi connectivity index (χ3v) is 3.23. The minimum atomic E-state index is -4.38. The maximum atomic E-state index is 11.9. The van der Waals surface area contributed by atoms with Crippen LogP contribution < -0.4 is 11.1 Å². The van der Waals surface area contributed by atoms with Crippen LogP contribution in [-0.4, -0.2) is 24.4 Å². The van der Waals surface area contributed by atoms with Gasteiger partial charge in [-0.2, -0.15) is 13.2 Å². The van der Waals surface area contributed by atoms with Crippen LogP contribution in [0, 0.1) is 0 Å². The predicted octanol–water partition coefficient (Wildman–Crippen LogP) is 2.48. The van der Waals surface area contributed by atoms with Gasteiger partial charge in [0.2, 0.25) is 5.91 Å². The van der Waals surface area contributed by atoms with Gasteiger partial charge in [0.05, 0.1) is 5.75 Å². The van der Waals surface area contributed by atoms with Crippen molar-refractivity contribution in [3.8, 4) is 0 Å². The van der Waals surface area contributed by atoms with E-state index in [2.05, 4.69) is 0 Å². The highest BCUT2D eigenvalue weighted by molar-refractivity contribution is 8.00. The summed E-state index contributed by atoms with van der Waals surface area (Å²) in [6, 6.07) is 7.15. The maximum absolute atomic E-state index is 11.9. The molecule has 1 aromatic rings. The summed E-state index contributed by atoms with van der Waals surface area (Å²) in [7, 11) is 0. The molecule has 0 bridgehead atoms. The second kappa shape index (κ2) is 6.81. The van der Waals surface area contributed by atoms with Crippen LogP contribution in [0.2, 0.25) is 0 Å². The molecule has 0 fully saturated rings. The van der Waals surface area contributed by atoms with E-state index in [4.69, 9.17) is 5.73 Å². The number of amides is 1. The van der Waals surface area contributed by atoms with Gasteiger partial charge in [-0.1, -0.05) is 12.1 Å². The number of carbonyl (C=O) groups is 1. The van der Waals surface area contributed by atoms with Gasteiger partial charge in [0.15, 0.2) is 0 Å². The number of thioether (sulfide) groups is 1. The van der Waals surface area contributed by atoms with Gasteiger partial charge in [0.25, 0.3) is 0 Å². The van der Waals surface area contributed by atoms with Gasteiger partial charge in [-0.3, -0.25) is 4.79 Å². The van der Waals surface area contributed by atoms with E-state index in [-0.39, 0.29) is 11.8 Å². The molecule has 0 spiro atoms. The van der Waals surface area contributed by atoms with Crippen molar-refractivity contribution in [2.45, 2.75) is 24.0 Å². The molecule has 3 N–H and O–H groups in total. The molecule has 0 aliphatic rings. The Labute approximate surface area is 113 Å². The highest BCUT2D eigenvalue weighted by Gasteiger charge is 2.27. The summed E-state index contributed by atoms with van der Waals surface area (Å²) in [6.45, 7) is 0.534. The molecule has 7 heteroatoms. The van der Waals surface area contributed by atoms with Crippen molar-refractivity contribution in [2.24, 2.45) is 5.73 Å². The van der Waals surface area contributed by atoms with Gasteiger partial charge < -0.3 is 11.1 Å². The monoisotopic (exact) mass is 292 g/mol. The molecule has 1 aromatic carbocycles. The fourth-order valence-corrected chi connectivity index (χ4v) is 2.08. The van der Waals surface area contributed by atoms with Crippen molar-refractivity contribution in [3.63, 3.8) is 0 Å². The van der Waals surface area contributed by atoms with Crippen LogP contribution >= 0.6 is 11.8 Å². The summed E-state index contributed by atoms with van der Waals surface area (Å²) in [4.78, 5) is 12.0. The molecule has 106 valence electrons. The Bertz CT molecular complexity index is 435. The standard InChI is InChI=1S/C12H15F3N2OS/c1-8(16)9-3-2-4-10(5-9)19-6-11(18)17-7-12(13,14)15/h2-5,8H,6-7,16H2,1H3,(H,17,18). The van der Waals surface area contributed by atoms with E-state index in [0.29, 0.717) is 0 Å².